The van der Waals surface area contributed by atoms with Crippen LogP contribution in [0.4, 0.5) is 9.59 Å². The number of unbranched alkanes of at least 4 members (excludes halogenated alkanes) is 1. The van der Waals surface area contributed by atoms with E-state index in [1.807, 2.05) is 18.2 Å². The van der Waals surface area contributed by atoms with Crippen LogP contribution >= 0.6 is 0 Å². The summed E-state index contributed by atoms with van der Waals surface area (Å²) in [6, 6.07) is 9.47. The van der Waals surface area contributed by atoms with E-state index in [1.54, 1.807) is 4.90 Å². The third-order valence-corrected chi connectivity index (χ3v) is 3.80. The predicted molar refractivity (Wildman–Crippen MR) is 82.1 cm³/mol. The maximum Gasteiger partial charge on any atom is 0.325 e. The van der Waals surface area contributed by atoms with Crippen LogP contribution in [0.1, 0.15) is 31.7 Å². The molecule has 21 heavy (non-hydrogen) atoms. The monoisotopic (exact) mass is 289 g/mol. The summed E-state index contributed by atoms with van der Waals surface area (Å²) in [4.78, 5) is 25.4. The van der Waals surface area contributed by atoms with Crippen molar-refractivity contribution in [3.63, 3.8) is 0 Å². The molecule has 0 aromatic heterocycles. The van der Waals surface area contributed by atoms with Crippen LogP contribution in [-0.2, 0) is 6.42 Å². The highest BCUT2D eigenvalue weighted by Crippen LogP contribution is 2.12. The standard InChI is InChI=1S/C16H23N3O2/c1-2-3-9-14-12-17-15(20)18-16(21)19(14)11-10-13-7-5-4-6-8-13/h4-8,14H,2-3,9-12H2,1H3,(H2,17,18,20,21). The van der Waals surface area contributed by atoms with Crippen molar-refractivity contribution in [3.05, 3.63) is 35.9 Å². The largest absolute Gasteiger partial charge is 0.336 e. The second-order valence-corrected chi connectivity index (χ2v) is 5.37. The molecule has 1 aromatic carbocycles. The fourth-order valence-electron chi connectivity index (χ4n) is 2.58. The Bertz CT molecular complexity index is 476. The van der Waals surface area contributed by atoms with Crippen molar-refractivity contribution in [1.82, 2.24) is 15.5 Å². The molecule has 1 aromatic rings. The molecule has 114 valence electrons. The van der Waals surface area contributed by atoms with Gasteiger partial charge in [0.25, 0.3) is 0 Å². The molecular weight excluding hydrogens is 266 g/mol. The lowest BCUT2D eigenvalue weighted by Crippen LogP contribution is -2.46. The number of urea groups is 2. The number of benzene rings is 1. The number of nitrogens with zero attached hydrogens (tertiary/aromatic N) is 1. The lowest BCUT2D eigenvalue weighted by molar-refractivity contribution is 0.178. The van der Waals surface area contributed by atoms with Crippen molar-refractivity contribution < 1.29 is 9.59 Å². The van der Waals surface area contributed by atoms with E-state index in [1.165, 1.54) is 5.56 Å². The van der Waals surface area contributed by atoms with Crippen molar-refractivity contribution in [2.75, 3.05) is 13.1 Å². The number of hydrogen-bond donors (Lipinski definition) is 2. The Labute approximate surface area is 125 Å². The molecule has 1 aliphatic rings. The predicted octanol–water partition coefficient (Wildman–Crippen LogP) is 2.52. The third kappa shape index (κ3) is 4.48. The van der Waals surface area contributed by atoms with E-state index >= 15 is 0 Å². The lowest BCUT2D eigenvalue weighted by atomic mass is 10.1. The highest BCUT2D eigenvalue weighted by Gasteiger charge is 2.28. The summed E-state index contributed by atoms with van der Waals surface area (Å²) in [6.07, 6.45) is 3.85. The van der Waals surface area contributed by atoms with Gasteiger partial charge >= 0.3 is 12.1 Å². The van der Waals surface area contributed by atoms with Gasteiger partial charge in [-0.3, -0.25) is 5.32 Å². The third-order valence-electron chi connectivity index (χ3n) is 3.80. The van der Waals surface area contributed by atoms with E-state index in [4.69, 9.17) is 0 Å². The molecule has 1 fully saturated rings. The van der Waals surface area contributed by atoms with Crippen LogP contribution in [-0.4, -0.2) is 36.1 Å². The van der Waals surface area contributed by atoms with Crippen LogP contribution in [0.3, 0.4) is 0 Å². The smallest absolute Gasteiger partial charge is 0.325 e. The second-order valence-electron chi connectivity index (χ2n) is 5.37. The van der Waals surface area contributed by atoms with Gasteiger partial charge in [-0.15, -0.1) is 0 Å². The van der Waals surface area contributed by atoms with Crippen molar-refractivity contribution in [2.45, 2.75) is 38.6 Å². The molecule has 1 heterocycles. The molecule has 0 bridgehead atoms. The van der Waals surface area contributed by atoms with Crippen LogP contribution in [0.2, 0.25) is 0 Å². The number of carbonyl (C=O) groups excluding carboxylic acids is 2. The van der Waals surface area contributed by atoms with Gasteiger partial charge in [0.05, 0.1) is 6.04 Å². The Balaban J connectivity index is 2.02. The number of carbonyl (C=O) groups is 2. The summed E-state index contributed by atoms with van der Waals surface area (Å²) in [5.74, 6) is 0. The van der Waals surface area contributed by atoms with E-state index in [0.717, 1.165) is 25.7 Å². The Morgan fingerprint density at radius 2 is 2.00 bits per heavy atom. The van der Waals surface area contributed by atoms with Gasteiger partial charge in [0.2, 0.25) is 0 Å². The second kappa shape index (κ2) is 7.67. The molecule has 1 unspecified atom stereocenters. The molecular formula is C16H23N3O2. The first-order valence-corrected chi connectivity index (χ1v) is 7.60. The first-order valence-electron chi connectivity index (χ1n) is 7.60. The number of amides is 4. The average molecular weight is 289 g/mol. The number of imide groups is 1. The van der Waals surface area contributed by atoms with Crippen molar-refractivity contribution in [2.24, 2.45) is 0 Å². The van der Waals surface area contributed by atoms with Crippen molar-refractivity contribution in [3.8, 4) is 0 Å². The van der Waals surface area contributed by atoms with E-state index in [9.17, 15) is 9.59 Å². The highest BCUT2D eigenvalue weighted by molar-refractivity contribution is 5.94. The van der Waals surface area contributed by atoms with Crippen LogP contribution in [0, 0.1) is 0 Å². The summed E-state index contributed by atoms with van der Waals surface area (Å²) in [5, 5.41) is 5.12. The van der Waals surface area contributed by atoms with E-state index in [2.05, 4.69) is 29.7 Å². The Morgan fingerprint density at radius 3 is 2.71 bits per heavy atom. The zero-order valence-corrected chi connectivity index (χ0v) is 12.5. The molecule has 0 aliphatic carbocycles. The zero-order valence-electron chi connectivity index (χ0n) is 12.5. The first kappa shape index (κ1) is 15.4. The quantitative estimate of drug-likeness (QED) is 0.845. The van der Waals surface area contributed by atoms with Crippen LogP contribution in [0.5, 0.6) is 0 Å². The van der Waals surface area contributed by atoms with Gasteiger partial charge in [-0.2, -0.15) is 0 Å². The fraction of sp³-hybridized carbons (Fsp3) is 0.500. The molecule has 5 heteroatoms. The summed E-state index contributed by atoms with van der Waals surface area (Å²) >= 11 is 0. The van der Waals surface area contributed by atoms with Crippen molar-refractivity contribution >= 4 is 12.1 Å². The van der Waals surface area contributed by atoms with Crippen LogP contribution in [0.15, 0.2) is 30.3 Å². The van der Waals surface area contributed by atoms with Gasteiger partial charge in [-0.05, 0) is 18.4 Å². The lowest BCUT2D eigenvalue weighted by Gasteiger charge is -2.29. The summed E-state index contributed by atoms with van der Waals surface area (Å²) in [7, 11) is 0. The molecule has 0 spiro atoms. The highest BCUT2D eigenvalue weighted by atomic mass is 16.2. The van der Waals surface area contributed by atoms with Gasteiger partial charge < -0.3 is 10.2 Å². The fourth-order valence-corrected chi connectivity index (χ4v) is 2.58. The minimum Gasteiger partial charge on any atom is -0.336 e. The van der Waals surface area contributed by atoms with E-state index in [0.29, 0.717) is 13.1 Å². The molecule has 5 nitrogen and oxygen atoms in total. The minimum atomic E-state index is -0.399. The SMILES string of the molecule is CCCCC1CNC(=O)NC(=O)N1CCc1ccccc1. The van der Waals surface area contributed by atoms with Gasteiger partial charge in [0.1, 0.15) is 0 Å². The summed E-state index contributed by atoms with van der Waals surface area (Å²) < 4.78 is 0. The normalized spacial score (nSPS) is 18.9. The van der Waals surface area contributed by atoms with Gasteiger partial charge in [0.15, 0.2) is 0 Å². The molecule has 2 rings (SSSR count). The van der Waals surface area contributed by atoms with E-state index < -0.39 is 6.03 Å². The molecule has 1 aliphatic heterocycles. The Hall–Kier alpha value is -2.04. The van der Waals surface area contributed by atoms with Crippen LogP contribution in [0.25, 0.3) is 0 Å². The summed E-state index contributed by atoms with van der Waals surface area (Å²) in [6.45, 7) is 3.27. The number of rotatable bonds is 6. The first-order chi connectivity index (χ1) is 10.2. The maximum atomic E-state index is 12.2. The zero-order chi connectivity index (χ0) is 15.1. The minimum absolute atomic E-state index is 0.0695. The average Bonchev–Trinajstić information content (AvgIpc) is 2.62. The number of nitrogens with one attached hydrogen (secondary N) is 2. The topological polar surface area (TPSA) is 61.4 Å². The molecule has 0 saturated carbocycles. The molecule has 4 amide bonds. The van der Waals surface area contributed by atoms with Gasteiger partial charge in [-0.25, -0.2) is 9.59 Å². The van der Waals surface area contributed by atoms with Crippen LogP contribution < -0.4 is 10.6 Å². The van der Waals surface area contributed by atoms with Gasteiger partial charge in [-0.1, -0.05) is 50.1 Å². The Morgan fingerprint density at radius 1 is 1.24 bits per heavy atom. The molecule has 1 saturated heterocycles. The summed E-state index contributed by atoms with van der Waals surface area (Å²) in [5.41, 5.74) is 1.20. The maximum absolute atomic E-state index is 12.2. The van der Waals surface area contributed by atoms with E-state index in [-0.39, 0.29) is 12.1 Å². The molecule has 0 radical (unpaired) electrons. The van der Waals surface area contributed by atoms with Crippen molar-refractivity contribution in [1.29, 1.82) is 0 Å². The Kier molecular flexibility index (Phi) is 5.60. The number of hydrogen-bond acceptors (Lipinski definition) is 2. The molecule has 2 N–H and O–H groups in total. The molecule has 1 atom stereocenters. The van der Waals surface area contributed by atoms with Gasteiger partial charge in [0, 0.05) is 13.1 Å².